The highest BCUT2D eigenvalue weighted by molar-refractivity contribution is 6.05. The predicted octanol–water partition coefficient (Wildman–Crippen LogP) is 3.75. The van der Waals surface area contributed by atoms with Crippen LogP contribution in [0.3, 0.4) is 0 Å². The number of nitrogens with zero attached hydrogens (tertiary/aromatic N) is 1. The molecule has 0 aliphatic heterocycles. The first kappa shape index (κ1) is 14.8. The van der Waals surface area contributed by atoms with Gasteiger partial charge in [-0.3, -0.25) is 4.79 Å². The van der Waals surface area contributed by atoms with Gasteiger partial charge >= 0.3 is 0 Å². The maximum Gasteiger partial charge on any atom is 0.255 e. The Hall–Kier alpha value is -2.62. The molecule has 0 fully saturated rings. The third-order valence-electron chi connectivity index (χ3n) is 3.19. The van der Waals surface area contributed by atoms with Crippen LogP contribution in [0, 0.1) is 13.8 Å². The zero-order valence-corrected chi connectivity index (χ0v) is 12.3. The van der Waals surface area contributed by atoms with E-state index in [0.29, 0.717) is 17.0 Å². The maximum absolute atomic E-state index is 12.2. The fourth-order valence-corrected chi connectivity index (χ4v) is 2.16. The van der Waals surface area contributed by atoms with Crippen molar-refractivity contribution in [3.8, 4) is 0 Å². The first-order valence-electron chi connectivity index (χ1n) is 6.68. The summed E-state index contributed by atoms with van der Waals surface area (Å²) in [5, 5.41) is 14.7. The van der Waals surface area contributed by atoms with Crippen molar-refractivity contribution >= 4 is 17.3 Å². The Morgan fingerprint density at radius 2 is 1.57 bits per heavy atom. The zero-order valence-electron chi connectivity index (χ0n) is 12.3. The van der Waals surface area contributed by atoms with Crippen LogP contribution >= 0.6 is 0 Å². The van der Waals surface area contributed by atoms with Crippen LogP contribution in [0.25, 0.3) is 0 Å². The minimum Gasteiger partial charge on any atom is -0.411 e. The second-order valence-electron chi connectivity index (χ2n) is 5.09. The Balaban J connectivity index is 2.16. The minimum atomic E-state index is -0.137. The van der Waals surface area contributed by atoms with Crippen molar-refractivity contribution < 1.29 is 10.0 Å². The quantitative estimate of drug-likeness (QED) is 0.511. The molecule has 0 spiro atoms. The van der Waals surface area contributed by atoms with Crippen LogP contribution < -0.4 is 5.32 Å². The summed E-state index contributed by atoms with van der Waals surface area (Å²) in [7, 11) is 0. The molecule has 0 unspecified atom stereocenters. The van der Waals surface area contributed by atoms with Gasteiger partial charge in [-0.2, -0.15) is 0 Å². The van der Waals surface area contributed by atoms with Gasteiger partial charge in [0.25, 0.3) is 5.91 Å². The summed E-state index contributed by atoms with van der Waals surface area (Å²) in [6, 6.07) is 12.9. The van der Waals surface area contributed by atoms with Gasteiger partial charge in [-0.05, 0) is 50.6 Å². The van der Waals surface area contributed by atoms with Crippen molar-refractivity contribution in [2.75, 3.05) is 5.32 Å². The Morgan fingerprint density at radius 1 is 1.00 bits per heavy atom. The van der Waals surface area contributed by atoms with Crippen LogP contribution in [0.15, 0.2) is 47.6 Å². The van der Waals surface area contributed by atoms with Crippen LogP contribution in [-0.2, 0) is 0 Å². The third-order valence-corrected chi connectivity index (χ3v) is 3.19. The molecule has 0 aromatic heterocycles. The van der Waals surface area contributed by atoms with Crippen LogP contribution in [0.5, 0.6) is 0 Å². The molecule has 0 radical (unpaired) electrons. The molecule has 0 atom stereocenters. The zero-order chi connectivity index (χ0) is 15.4. The fraction of sp³-hybridized carbons (Fsp3) is 0.176. The van der Waals surface area contributed by atoms with Gasteiger partial charge in [0.05, 0.1) is 5.71 Å². The first-order chi connectivity index (χ1) is 9.99. The van der Waals surface area contributed by atoms with E-state index in [9.17, 15) is 4.79 Å². The summed E-state index contributed by atoms with van der Waals surface area (Å²) in [5.41, 5.74) is 4.80. The lowest BCUT2D eigenvalue weighted by atomic mass is 10.1. The molecule has 0 saturated carbocycles. The normalized spacial score (nSPS) is 11.3. The fourth-order valence-electron chi connectivity index (χ4n) is 2.16. The highest BCUT2D eigenvalue weighted by Crippen LogP contribution is 2.14. The van der Waals surface area contributed by atoms with E-state index < -0.39 is 0 Å². The standard InChI is InChI=1S/C17H18N2O2/c1-11-8-12(2)10-15(9-11)17(20)18-16-6-4-14(5-7-16)13(3)19-21/h4-10,21H,1-3H3,(H,18,20)/b19-13+. The Labute approximate surface area is 124 Å². The first-order valence-corrected chi connectivity index (χ1v) is 6.68. The van der Waals surface area contributed by atoms with Crippen molar-refractivity contribution in [2.45, 2.75) is 20.8 Å². The van der Waals surface area contributed by atoms with Gasteiger partial charge in [0.1, 0.15) is 0 Å². The van der Waals surface area contributed by atoms with Crippen LogP contribution in [0.4, 0.5) is 5.69 Å². The molecule has 0 bridgehead atoms. The number of anilines is 1. The van der Waals surface area contributed by atoms with Gasteiger partial charge < -0.3 is 10.5 Å². The molecule has 0 aliphatic rings. The average molecular weight is 282 g/mol. The van der Waals surface area contributed by atoms with Gasteiger partial charge in [-0.1, -0.05) is 34.5 Å². The largest absolute Gasteiger partial charge is 0.411 e. The van der Waals surface area contributed by atoms with E-state index >= 15 is 0 Å². The lowest BCUT2D eigenvalue weighted by Gasteiger charge is -2.08. The molecule has 0 heterocycles. The number of hydrogen-bond acceptors (Lipinski definition) is 3. The third kappa shape index (κ3) is 3.69. The lowest BCUT2D eigenvalue weighted by molar-refractivity contribution is 0.102. The van der Waals surface area contributed by atoms with E-state index in [0.717, 1.165) is 16.7 Å². The van der Waals surface area contributed by atoms with Crippen LogP contribution in [-0.4, -0.2) is 16.8 Å². The number of carbonyl (C=O) groups excluding carboxylic acids is 1. The molecule has 2 aromatic rings. The molecule has 4 heteroatoms. The monoisotopic (exact) mass is 282 g/mol. The number of hydrogen-bond donors (Lipinski definition) is 2. The maximum atomic E-state index is 12.2. The molecular weight excluding hydrogens is 264 g/mol. The molecule has 0 saturated heterocycles. The smallest absolute Gasteiger partial charge is 0.255 e. The van der Waals surface area contributed by atoms with Crippen molar-refractivity contribution in [3.05, 3.63) is 64.7 Å². The summed E-state index contributed by atoms with van der Waals surface area (Å²) < 4.78 is 0. The molecule has 2 aromatic carbocycles. The predicted molar refractivity (Wildman–Crippen MR) is 84.3 cm³/mol. The van der Waals surface area contributed by atoms with Gasteiger partial charge in [-0.15, -0.1) is 0 Å². The van der Waals surface area contributed by atoms with Crippen LogP contribution in [0.2, 0.25) is 0 Å². The molecule has 4 nitrogen and oxygen atoms in total. The average Bonchev–Trinajstić information content (AvgIpc) is 2.46. The van der Waals surface area contributed by atoms with Gasteiger partial charge in [0.2, 0.25) is 0 Å². The van der Waals surface area contributed by atoms with E-state index in [1.165, 1.54) is 0 Å². The molecule has 108 valence electrons. The number of aryl methyl sites for hydroxylation is 2. The number of rotatable bonds is 3. The van der Waals surface area contributed by atoms with Gasteiger partial charge in [0.15, 0.2) is 0 Å². The van der Waals surface area contributed by atoms with E-state index in [1.807, 2.05) is 32.0 Å². The van der Waals surface area contributed by atoms with Gasteiger partial charge in [-0.25, -0.2) is 0 Å². The van der Waals surface area contributed by atoms with Gasteiger partial charge in [0, 0.05) is 11.3 Å². The van der Waals surface area contributed by atoms with Crippen molar-refractivity contribution in [2.24, 2.45) is 5.16 Å². The van der Waals surface area contributed by atoms with E-state index in [2.05, 4.69) is 10.5 Å². The molecule has 2 N–H and O–H groups in total. The molecule has 1 amide bonds. The number of oxime groups is 1. The summed E-state index contributed by atoms with van der Waals surface area (Å²) in [6.45, 7) is 5.65. The highest BCUT2D eigenvalue weighted by Gasteiger charge is 2.07. The van der Waals surface area contributed by atoms with Crippen molar-refractivity contribution in [1.29, 1.82) is 0 Å². The minimum absolute atomic E-state index is 0.137. The second-order valence-corrected chi connectivity index (χ2v) is 5.09. The molecule has 2 rings (SSSR count). The summed E-state index contributed by atoms with van der Waals surface area (Å²) in [6.07, 6.45) is 0. The number of amides is 1. The number of carbonyl (C=O) groups is 1. The topological polar surface area (TPSA) is 61.7 Å². The molecular formula is C17H18N2O2. The summed E-state index contributed by atoms with van der Waals surface area (Å²) in [4.78, 5) is 12.2. The lowest BCUT2D eigenvalue weighted by Crippen LogP contribution is -2.12. The Kier molecular flexibility index (Phi) is 4.38. The Morgan fingerprint density at radius 3 is 2.10 bits per heavy atom. The number of benzene rings is 2. The number of nitrogens with one attached hydrogen (secondary N) is 1. The highest BCUT2D eigenvalue weighted by atomic mass is 16.4. The van der Waals surface area contributed by atoms with E-state index in [-0.39, 0.29) is 5.91 Å². The van der Waals surface area contributed by atoms with E-state index in [1.54, 1.807) is 31.2 Å². The second kappa shape index (κ2) is 6.22. The van der Waals surface area contributed by atoms with Crippen LogP contribution in [0.1, 0.15) is 34.0 Å². The van der Waals surface area contributed by atoms with Crippen molar-refractivity contribution in [3.63, 3.8) is 0 Å². The van der Waals surface area contributed by atoms with E-state index in [4.69, 9.17) is 5.21 Å². The Bertz CT molecular complexity index is 668. The van der Waals surface area contributed by atoms with Crippen molar-refractivity contribution in [1.82, 2.24) is 0 Å². The molecule has 0 aliphatic carbocycles. The summed E-state index contributed by atoms with van der Waals surface area (Å²) >= 11 is 0. The SMILES string of the molecule is C/C(=N\O)c1ccc(NC(=O)c2cc(C)cc(C)c2)cc1. The summed E-state index contributed by atoms with van der Waals surface area (Å²) in [5.74, 6) is -0.137. The molecule has 21 heavy (non-hydrogen) atoms.